The molecule has 0 aliphatic rings. The van der Waals surface area contributed by atoms with Crippen molar-refractivity contribution in [1.29, 1.82) is 0 Å². The number of nitrogens with zero attached hydrogens (tertiary/aromatic N) is 5. The van der Waals surface area contributed by atoms with Gasteiger partial charge in [-0.1, -0.05) is 0 Å². The fourth-order valence-corrected chi connectivity index (χ4v) is 1.50. The molecule has 0 fully saturated rings. The van der Waals surface area contributed by atoms with Crippen LogP contribution in [0.3, 0.4) is 0 Å². The Labute approximate surface area is 114 Å². The predicted octanol–water partition coefficient (Wildman–Crippen LogP) is -1.89. The zero-order valence-corrected chi connectivity index (χ0v) is 11.2. The number of carboxylic acid groups (broad SMARTS) is 1. The van der Waals surface area contributed by atoms with Crippen LogP contribution in [0.4, 0.5) is 0 Å². The highest BCUT2D eigenvalue weighted by molar-refractivity contribution is 5.83. The van der Waals surface area contributed by atoms with Gasteiger partial charge in [-0.15, -0.1) is 5.10 Å². The van der Waals surface area contributed by atoms with Gasteiger partial charge in [-0.05, 0) is 17.4 Å². The first-order chi connectivity index (χ1) is 9.41. The maximum absolute atomic E-state index is 12.1. The molecule has 0 aliphatic heterocycles. The van der Waals surface area contributed by atoms with E-state index in [0.717, 1.165) is 4.90 Å². The Bertz CT molecular complexity index is 474. The molecule has 0 bridgehead atoms. The summed E-state index contributed by atoms with van der Waals surface area (Å²) in [6.45, 7) is 2.84. The molecular weight excluding hydrogens is 268 g/mol. The second kappa shape index (κ2) is 7.16. The van der Waals surface area contributed by atoms with Crippen molar-refractivity contribution in [3.8, 4) is 0 Å². The predicted molar refractivity (Wildman–Crippen MR) is 65.3 cm³/mol. The van der Waals surface area contributed by atoms with Crippen molar-refractivity contribution in [1.82, 2.24) is 30.4 Å². The SMILES string of the molecule is CC(=O)NCCN(C(=O)Cn1cnnn1)C(C)C(=O)O. The Morgan fingerprint density at radius 1 is 1.45 bits per heavy atom. The molecule has 1 unspecified atom stereocenters. The molecular formula is C10H16N6O4. The molecule has 0 radical (unpaired) electrons. The number of aromatic nitrogens is 4. The fraction of sp³-hybridized carbons (Fsp3) is 0.600. The molecule has 1 atom stereocenters. The summed E-state index contributed by atoms with van der Waals surface area (Å²) in [4.78, 5) is 35.0. The number of carbonyl (C=O) groups excluding carboxylic acids is 2. The molecule has 2 N–H and O–H groups in total. The molecule has 1 rings (SSSR count). The Morgan fingerprint density at radius 2 is 2.15 bits per heavy atom. The Kier molecular flexibility index (Phi) is 5.56. The van der Waals surface area contributed by atoms with Crippen LogP contribution in [0.5, 0.6) is 0 Å². The van der Waals surface area contributed by atoms with Crippen molar-refractivity contribution in [2.24, 2.45) is 0 Å². The van der Waals surface area contributed by atoms with Crippen LogP contribution in [0.25, 0.3) is 0 Å². The Hall–Kier alpha value is -2.52. The Morgan fingerprint density at radius 3 is 2.65 bits per heavy atom. The zero-order valence-electron chi connectivity index (χ0n) is 11.2. The number of carboxylic acids is 1. The Balaban J connectivity index is 2.67. The normalized spacial score (nSPS) is 11.7. The number of aliphatic carboxylic acids is 1. The lowest BCUT2D eigenvalue weighted by atomic mass is 10.2. The van der Waals surface area contributed by atoms with E-state index in [1.807, 2.05) is 0 Å². The molecule has 0 saturated carbocycles. The van der Waals surface area contributed by atoms with E-state index in [4.69, 9.17) is 5.11 Å². The van der Waals surface area contributed by atoms with E-state index in [2.05, 4.69) is 20.8 Å². The van der Waals surface area contributed by atoms with Crippen LogP contribution in [-0.2, 0) is 20.9 Å². The van der Waals surface area contributed by atoms with Gasteiger partial charge in [0.15, 0.2) is 0 Å². The van der Waals surface area contributed by atoms with Crippen LogP contribution in [0.2, 0.25) is 0 Å². The maximum atomic E-state index is 12.1. The standard InChI is InChI=1S/C10H16N6O4/c1-7(10(19)20)16(4-3-11-8(2)17)9(18)5-15-6-12-13-14-15/h6-7H,3-5H2,1-2H3,(H,11,17)(H,19,20). The number of amides is 2. The second-order valence-corrected chi connectivity index (χ2v) is 4.09. The highest BCUT2D eigenvalue weighted by Gasteiger charge is 2.25. The largest absolute Gasteiger partial charge is 0.480 e. The molecule has 0 aliphatic carbocycles. The van der Waals surface area contributed by atoms with Gasteiger partial charge in [-0.3, -0.25) is 9.59 Å². The van der Waals surface area contributed by atoms with Gasteiger partial charge in [0.2, 0.25) is 11.8 Å². The van der Waals surface area contributed by atoms with Crippen molar-refractivity contribution in [2.45, 2.75) is 26.4 Å². The molecule has 10 nitrogen and oxygen atoms in total. The van der Waals surface area contributed by atoms with E-state index < -0.39 is 17.9 Å². The van der Waals surface area contributed by atoms with Gasteiger partial charge in [0.1, 0.15) is 18.9 Å². The van der Waals surface area contributed by atoms with Crippen molar-refractivity contribution in [3.05, 3.63) is 6.33 Å². The summed E-state index contributed by atoms with van der Waals surface area (Å²) in [6.07, 6.45) is 1.26. The van der Waals surface area contributed by atoms with Crippen molar-refractivity contribution in [3.63, 3.8) is 0 Å². The maximum Gasteiger partial charge on any atom is 0.326 e. The van der Waals surface area contributed by atoms with Crippen LogP contribution in [-0.4, -0.2) is 67.1 Å². The summed E-state index contributed by atoms with van der Waals surface area (Å²) in [6, 6.07) is -1.01. The molecule has 1 aromatic heterocycles. The molecule has 0 saturated heterocycles. The van der Waals surface area contributed by atoms with Crippen LogP contribution in [0, 0.1) is 0 Å². The van der Waals surface area contributed by atoms with Gasteiger partial charge in [0, 0.05) is 20.0 Å². The molecule has 1 aromatic rings. The van der Waals surface area contributed by atoms with E-state index in [0.29, 0.717) is 0 Å². The second-order valence-electron chi connectivity index (χ2n) is 4.09. The van der Waals surface area contributed by atoms with E-state index in [9.17, 15) is 14.4 Å². The number of carbonyl (C=O) groups is 3. The van der Waals surface area contributed by atoms with Crippen molar-refractivity contribution in [2.75, 3.05) is 13.1 Å². The van der Waals surface area contributed by atoms with E-state index >= 15 is 0 Å². The fourth-order valence-electron chi connectivity index (χ4n) is 1.50. The lowest BCUT2D eigenvalue weighted by Gasteiger charge is -2.26. The third-order valence-corrected chi connectivity index (χ3v) is 2.56. The first-order valence-corrected chi connectivity index (χ1v) is 5.89. The summed E-state index contributed by atoms with van der Waals surface area (Å²) in [5.74, 6) is -1.82. The van der Waals surface area contributed by atoms with E-state index in [-0.39, 0.29) is 25.5 Å². The van der Waals surface area contributed by atoms with Gasteiger partial charge in [0.25, 0.3) is 0 Å². The molecule has 0 aromatic carbocycles. The van der Waals surface area contributed by atoms with Crippen LogP contribution in [0.1, 0.15) is 13.8 Å². The highest BCUT2D eigenvalue weighted by Crippen LogP contribution is 2.01. The zero-order chi connectivity index (χ0) is 15.1. The molecule has 1 heterocycles. The monoisotopic (exact) mass is 284 g/mol. The molecule has 2 amide bonds. The number of hydrogen-bond acceptors (Lipinski definition) is 6. The minimum atomic E-state index is -1.13. The summed E-state index contributed by atoms with van der Waals surface area (Å²) in [5, 5.41) is 21.8. The first-order valence-electron chi connectivity index (χ1n) is 5.89. The van der Waals surface area contributed by atoms with Crippen LogP contribution < -0.4 is 5.32 Å². The molecule has 0 spiro atoms. The first kappa shape index (κ1) is 15.5. The topological polar surface area (TPSA) is 130 Å². The summed E-state index contributed by atoms with van der Waals surface area (Å²) >= 11 is 0. The van der Waals surface area contributed by atoms with Crippen molar-refractivity contribution >= 4 is 17.8 Å². The van der Waals surface area contributed by atoms with Crippen molar-refractivity contribution < 1.29 is 19.5 Å². The average Bonchev–Trinajstić information content (AvgIpc) is 2.86. The van der Waals surface area contributed by atoms with Gasteiger partial charge >= 0.3 is 5.97 Å². The number of hydrogen-bond donors (Lipinski definition) is 2. The van der Waals surface area contributed by atoms with Gasteiger partial charge < -0.3 is 15.3 Å². The minimum absolute atomic E-state index is 0.0913. The smallest absolute Gasteiger partial charge is 0.326 e. The third-order valence-electron chi connectivity index (χ3n) is 2.56. The summed E-state index contributed by atoms with van der Waals surface area (Å²) < 4.78 is 1.20. The van der Waals surface area contributed by atoms with Gasteiger partial charge in [-0.2, -0.15) is 0 Å². The van der Waals surface area contributed by atoms with Crippen LogP contribution in [0.15, 0.2) is 6.33 Å². The lowest BCUT2D eigenvalue weighted by Crippen LogP contribution is -2.48. The summed E-state index contributed by atoms with van der Waals surface area (Å²) in [5.41, 5.74) is 0. The molecule has 110 valence electrons. The lowest BCUT2D eigenvalue weighted by molar-refractivity contribution is -0.149. The molecule has 20 heavy (non-hydrogen) atoms. The third kappa shape index (κ3) is 4.63. The number of tetrazole rings is 1. The molecule has 10 heteroatoms. The average molecular weight is 284 g/mol. The van der Waals surface area contributed by atoms with Gasteiger partial charge in [0.05, 0.1) is 0 Å². The van der Waals surface area contributed by atoms with E-state index in [1.54, 1.807) is 0 Å². The van der Waals surface area contributed by atoms with E-state index in [1.165, 1.54) is 24.9 Å². The highest BCUT2D eigenvalue weighted by atomic mass is 16.4. The summed E-state index contributed by atoms with van der Waals surface area (Å²) in [7, 11) is 0. The number of rotatable bonds is 7. The minimum Gasteiger partial charge on any atom is -0.480 e. The van der Waals surface area contributed by atoms with Gasteiger partial charge in [-0.25, -0.2) is 9.48 Å². The number of nitrogens with one attached hydrogen (secondary N) is 1. The van der Waals surface area contributed by atoms with Crippen LogP contribution >= 0.6 is 0 Å². The quantitative estimate of drug-likeness (QED) is 0.598.